The Balaban J connectivity index is 1.15. The third-order valence-corrected chi connectivity index (χ3v) is 8.71. The summed E-state index contributed by atoms with van der Waals surface area (Å²) in [6, 6.07) is 7.11. The molecule has 0 radical (unpaired) electrons. The van der Waals surface area contributed by atoms with Crippen LogP contribution in [0.25, 0.3) is 11.2 Å². The van der Waals surface area contributed by atoms with Crippen molar-refractivity contribution in [2.24, 2.45) is 5.73 Å². The third-order valence-electron chi connectivity index (χ3n) is 8.71. The van der Waals surface area contributed by atoms with Crippen LogP contribution in [0.15, 0.2) is 30.6 Å². The standard InChI is InChI=1S/C29H39FN8O/c30-20-7-5-19(6-8-20)25(39)17-37-15-13-23(14-16-37)33-27-26-28(38(18-32-26)24-3-1-2-4-24)36-29(35-27)34-22-11-9-21(31)10-12-22/h5-8,18,21-24H,1-4,9-17,31H2,(H2,33,34,35,36). The van der Waals surface area contributed by atoms with Crippen molar-refractivity contribution in [2.75, 3.05) is 30.3 Å². The van der Waals surface area contributed by atoms with E-state index in [0.717, 1.165) is 81.4 Å². The highest BCUT2D eigenvalue weighted by molar-refractivity contribution is 5.97. The maximum atomic E-state index is 13.2. The largest absolute Gasteiger partial charge is 0.365 e. The second-order valence-electron chi connectivity index (χ2n) is 11.5. The van der Waals surface area contributed by atoms with Crippen molar-refractivity contribution >= 4 is 28.7 Å². The minimum absolute atomic E-state index is 0.0238. The zero-order valence-electron chi connectivity index (χ0n) is 22.5. The third kappa shape index (κ3) is 6.06. The first-order chi connectivity index (χ1) is 19.0. The van der Waals surface area contributed by atoms with Gasteiger partial charge in [-0.05, 0) is 75.6 Å². The predicted molar refractivity (Wildman–Crippen MR) is 150 cm³/mol. The van der Waals surface area contributed by atoms with Crippen LogP contribution in [-0.4, -0.2) is 68.0 Å². The number of rotatable bonds is 8. The van der Waals surface area contributed by atoms with Crippen LogP contribution in [0.5, 0.6) is 0 Å². The summed E-state index contributed by atoms with van der Waals surface area (Å²) in [6.45, 7) is 1.96. The fraction of sp³-hybridized carbons (Fsp3) is 0.586. The number of halogens is 1. The van der Waals surface area contributed by atoms with Gasteiger partial charge in [0.05, 0.1) is 12.9 Å². The summed E-state index contributed by atoms with van der Waals surface area (Å²) in [7, 11) is 0. The topological polar surface area (TPSA) is 114 Å². The number of fused-ring (bicyclic) bond motifs is 1. The van der Waals surface area contributed by atoms with Gasteiger partial charge in [0, 0.05) is 42.8 Å². The van der Waals surface area contributed by atoms with Gasteiger partial charge in [-0.25, -0.2) is 9.37 Å². The van der Waals surface area contributed by atoms with E-state index < -0.39 is 0 Å². The smallest absolute Gasteiger partial charge is 0.227 e. The van der Waals surface area contributed by atoms with E-state index in [1.54, 1.807) is 12.1 Å². The van der Waals surface area contributed by atoms with Crippen LogP contribution in [0.4, 0.5) is 16.2 Å². The Morgan fingerprint density at radius 1 is 0.923 bits per heavy atom. The van der Waals surface area contributed by atoms with Gasteiger partial charge in [0.1, 0.15) is 5.82 Å². The Morgan fingerprint density at radius 2 is 1.62 bits per heavy atom. The number of carbonyl (C=O) groups is 1. The molecule has 208 valence electrons. The number of likely N-dealkylation sites (tertiary alicyclic amines) is 1. The van der Waals surface area contributed by atoms with E-state index in [1.165, 1.54) is 25.0 Å². The van der Waals surface area contributed by atoms with E-state index in [1.807, 2.05) is 6.33 Å². The summed E-state index contributed by atoms with van der Waals surface area (Å²) in [5.41, 5.74) is 8.40. The number of hydrogen-bond donors (Lipinski definition) is 3. The summed E-state index contributed by atoms with van der Waals surface area (Å²) >= 11 is 0. The van der Waals surface area contributed by atoms with Crippen molar-refractivity contribution in [1.29, 1.82) is 0 Å². The quantitative estimate of drug-likeness (QED) is 0.362. The van der Waals surface area contributed by atoms with Gasteiger partial charge in [-0.15, -0.1) is 0 Å². The van der Waals surface area contributed by atoms with Gasteiger partial charge in [-0.3, -0.25) is 9.69 Å². The Morgan fingerprint density at radius 3 is 2.33 bits per heavy atom. The number of imidazole rings is 1. The highest BCUT2D eigenvalue weighted by Crippen LogP contribution is 2.34. The molecule has 1 aliphatic heterocycles. The molecule has 1 aromatic carbocycles. The van der Waals surface area contributed by atoms with E-state index in [-0.39, 0.29) is 17.6 Å². The number of nitrogens with zero attached hydrogens (tertiary/aromatic N) is 5. The number of benzene rings is 1. The molecule has 3 heterocycles. The molecule has 9 nitrogen and oxygen atoms in total. The first-order valence-corrected chi connectivity index (χ1v) is 14.6. The molecule has 2 aromatic heterocycles. The van der Waals surface area contributed by atoms with Crippen molar-refractivity contribution in [2.45, 2.75) is 88.4 Å². The van der Waals surface area contributed by atoms with Gasteiger partial charge in [0.2, 0.25) is 5.95 Å². The molecule has 3 aliphatic rings. The molecule has 0 bridgehead atoms. The van der Waals surface area contributed by atoms with E-state index in [0.29, 0.717) is 36.2 Å². The van der Waals surface area contributed by atoms with Crippen LogP contribution < -0.4 is 16.4 Å². The Labute approximate surface area is 228 Å². The molecular formula is C29H39FN8O. The first-order valence-electron chi connectivity index (χ1n) is 14.6. The maximum Gasteiger partial charge on any atom is 0.227 e. The molecule has 0 spiro atoms. The molecule has 3 aromatic rings. The molecule has 0 atom stereocenters. The molecule has 0 amide bonds. The average Bonchev–Trinajstić information content (AvgIpc) is 3.62. The highest BCUT2D eigenvalue weighted by atomic mass is 19.1. The zero-order chi connectivity index (χ0) is 26.8. The van der Waals surface area contributed by atoms with Crippen LogP contribution in [0.3, 0.4) is 0 Å². The van der Waals surface area contributed by atoms with E-state index in [9.17, 15) is 9.18 Å². The number of carbonyl (C=O) groups excluding carboxylic acids is 1. The second kappa shape index (κ2) is 11.6. The molecule has 2 saturated carbocycles. The molecule has 1 saturated heterocycles. The van der Waals surface area contributed by atoms with Crippen LogP contribution in [-0.2, 0) is 0 Å². The Kier molecular flexibility index (Phi) is 7.74. The molecule has 10 heteroatoms. The normalized spacial score (nSPS) is 23.3. The van der Waals surface area contributed by atoms with Gasteiger partial charge in [-0.2, -0.15) is 9.97 Å². The molecule has 0 unspecified atom stereocenters. The number of Topliss-reactive ketones (excluding diaryl/α,β-unsaturated/α-hetero) is 1. The van der Waals surface area contributed by atoms with Crippen LogP contribution in [0.1, 0.15) is 80.6 Å². The SMILES string of the molecule is NC1CCC(Nc2nc(NC3CCN(CC(=O)c4ccc(F)cc4)CC3)c3ncn(C4CCCC4)c3n2)CC1. The first kappa shape index (κ1) is 26.1. The van der Waals surface area contributed by atoms with Crippen LogP contribution >= 0.6 is 0 Å². The number of aromatic nitrogens is 4. The van der Waals surface area contributed by atoms with Crippen LogP contribution in [0, 0.1) is 5.82 Å². The highest BCUT2D eigenvalue weighted by Gasteiger charge is 2.26. The fourth-order valence-electron chi connectivity index (χ4n) is 6.34. The van der Waals surface area contributed by atoms with Crippen molar-refractivity contribution in [1.82, 2.24) is 24.4 Å². The summed E-state index contributed by atoms with van der Waals surface area (Å²) in [5, 5.41) is 7.28. The lowest BCUT2D eigenvalue weighted by Gasteiger charge is -2.32. The van der Waals surface area contributed by atoms with Crippen LogP contribution in [0.2, 0.25) is 0 Å². The zero-order valence-corrected chi connectivity index (χ0v) is 22.5. The summed E-state index contributed by atoms with van der Waals surface area (Å²) in [6.07, 6.45) is 12.7. The van der Waals surface area contributed by atoms with Gasteiger partial charge < -0.3 is 20.9 Å². The van der Waals surface area contributed by atoms with E-state index in [4.69, 9.17) is 20.7 Å². The van der Waals surface area contributed by atoms with Crippen molar-refractivity contribution in [3.05, 3.63) is 42.0 Å². The Hall–Kier alpha value is -3.11. The summed E-state index contributed by atoms with van der Waals surface area (Å²) in [4.78, 5) is 29.5. The lowest BCUT2D eigenvalue weighted by molar-refractivity contribution is 0.0912. The van der Waals surface area contributed by atoms with Gasteiger partial charge in [0.15, 0.2) is 22.8 Å². The number of piperidine rings is 1. The molecular weight excluding hydrogens is 495 g/mol. The molecule has 6 rings (SSSR count). The monoisotopic (exact) mass is 534 g/mol. The maximum absolute atomic E-state index is 13.2. The molecule has 39 heavy (non-hydrogen) atoms. The number of nitrogens with one attached hydrogen (secondary N) is 2. The van der Waals surface area contributed by atoms with Crippen molar-refractivity contribution in [3.8, 4) is 0 Å². The van der Waals surface area contributed by atoms with Crippen molar-refractivity contribution in [3.63, 3.8) is 0 Å². The van der Waals surface area contributed by atoms with Gasteiger partial charge in [0.25, 0.3) is 0 Å². The number of hydrogen-bond acceptors (Lipinski definition) is 8. The van der Waals surface area contributed by atoms with Crippen molar-refractivity contribution < 1.29 is 9.18 Å². The minimum atomic E-state index is -0.327. The second-order valence-corrected chi connectivity index (χ2v) is 11.5. The number of anilines is 2. The summed E-state index contributed by atoms with van der Waals surface area (Å²) in [5.74, 6) is 1.14. The van der Waals surface area contributed by atoms with E-state index >= 15 is 0 Å². The van der Waals surface area contributed by atoms with Gasteiger partial charge >= 0.3 is 0 Å². The van der Waals surface area contributed by atoms with Gasteiger partial charge in [-0.1, -0.05) is 12.8 Å². The molecule has 3 fully saturated rings. The lowest BCUT2D eigenvalue weighted by atomic mass is 9.92. The average molecular weight is 535 g/mol. The minimum Gasteiger partial charge on any atom is -0.365 e. The lowest BCUT2D eigenvalue weighted by Crippen LogP contribution is -2.41. The molecule has 4 N–H and O–H groups in total. The fourth-order valence-corrected chi connectivity index (χ4v) is 6.34. The summed E-state index contributed by atoms with van der Waals surface area (Å²) < 4.78 is 15.5. The number of ketones is 1. The Bertz CT molecular complexity index is 1270. The number of nitrogens with two attached hydrogens (primary N) is 1. The van der Waals surface area contributed by atoms with E-state index in [2.05, 4.69) is 20.1 Å². The molecule has 2 aliphatic carbocycles. The predicted octanol–water partition coefficient (Wildman–Crippen LogP) is 4.52.